The molecule has 0 aliphatic heterocycles. The molecule has 2 aromatic rings. The summed E-state index contributed by atoms with van der Waals surface area (Å²) in [5, 5.41) is 9.15. The average Bonchev–Trinajstić information content (AvgIpc) is 2.40. The van der Waals surface area contributed by atoms with E-state index in [1.54, 1.807) is 0 Å². The van der Waals surface area contributed by atoms with E-state index in [9.17, 15) is 17.6 Å². The Labute approximate surface area is 122 Å². The van der Waals surface area contributed by atoms with Crippen LogP contribution in [0.5, 0.6) is 11.5 Å². The monoisotopic (exact) mass is 315 g/mol. The molecule has 2 aromatic carbocycles. The van der Waals surface area contributed by atoms with Crippen molar-refractivity contribution < 1.29 is 22.3 Å². The van der Waals surface area contributed by atoms with Crippen LogP contribution in [0.4, 0.5) is 17.6 Å². The summed E-state index contributed by atoms with van der Waals surface area (Å²) in [6, 6.07) is 8.13. The van der Waals surface area contributed by atoms with Crippen molar-refractivity contribution in [1.29, 1.82) is 5.26 Å². The van der Waals surface area contributed by atoms with Gasteiger partial charge in [0.05, 0.1) is 11.1 Å². The van der Waals surface area contributed by atoms with Gasteiger partial charge in [0.15, 0.2) is 0 Å². The van der Waals surface area contributed by atoms with Crippen molar-refractivity contribution in [3.05, 3.63) is 58.4 Å². The summed E-state index contributed by atoms with van der Waals surface area (Å²) in [6.07, 6.45) is -4.84. The lowest BCUT2D eigenvalue weighted by atomic mass is 10.2. The van der Waals surface area contributed by atoms with Crippen LogP contribution in [0.15, 0.2) is 36.4 Å². The lowest BCUT2D eigenvalue weighted by molar-refractivity contribution is -0.140. The van der Waals surface area contributed by atoms with Gasteiger partial charge >= 0.3 is 6.18 Å². The Kier molecular flexibility index (Phi) is 4.05. The molecule has 0 radical (unpaired) electrons. The van der Waals surface area contributed by atoms with Crippen LogP contribution >= 0.6 is 11.6 Å². The zero-order chi connectivity index (χ0) is 15.6. The number of halogens is 5. The van der Waals surface area contributed by atoms with Crippen LogP contribution < -0.4 is 4.74 Å². The molecule has 21 heavy (non-hydrogen) atoms. The standard InChI is InChI=1S/C14H6ClF4NO/c15-9-2-1-8(7-20)13(5-9)21-10-3-4-12(16)11(6-10)14(17,18)19/h1-6H. The Balaban J connectivity index is 2.42. The van der Waals surface area contributed by atoms with Gasteiger partial charge in [-0.3, -0.25) is 0 Å². The normalized spacial score (nSPS) is 11.0. The second kappa shape index (κ2) is 5.62. The smallest absolute Gasteiger partial charge is 0.419 e. The first kappa shape index (κ1) is 15.1. The maximum Gasteiger partial charge on any atom is 0.419 e. The fraction of sp³-hybridized carbons (Fsp3) is 0.0714. The summed E-state index contributed by atoms with van der Waals surface area (Å²) in [5.74, 6) is -1.66. The minimum absolute atomic E-state index is 0.00951. The molecule has 0 unspecified atom stereocenters. The van der Waals surface area contributed by atoms with E-state index < -0.39 is 17.6 Å². The quantitative estimate of drug-likeness (QED) is 0.717. The molecule has 0 fully saturated rings. The number of rotatable bonds is 2. The van der Waals surface area contributed by atoms with E-state index in [0.29, 0.717) is 12.1 Å². The molecule has 0 bridgehead atoms. The number of hydrogen-bond acceptors (Lipinski definition) is 2. The van der Waals surface area contributed by atoms with Crippen LogP contribution in [0.3, 0.4) is 0 Å². The molecule has 0 aliphatic carbocycles. The molecule has 0 heterocycles. The molecule has 2 rings (SSSR count). The maximum absolute atomic E-state index is 13.2. The Morgan fingerprint density at radius 3 is 2.43 bits per heavy atom. The first-order valence-electron chi connectivity index (χ1n) is 5.55. The Morgan fingerprint density at radius 1 is 1.10 bits per heavy atom. The third-order valence-electron chi connectivity index (χ3n) is 2.54. The zero-order valence-electron chi connectivity index (χ0n) is 10.2. The molecule has 2 nitrogen and oxygen atoms in total. The van der Waals surface area contributed by atoms with Gasteiger partial charge < -0.3 is 4.74 Å². The topological polar surface area (TPSA) is 33.0 Å². The number of ether oxygens (including phenoxy) is 1. The maximum atomic E-state index is 13.2. The number of benzene rings is 2. The van der Waals surface area contributed by atoms with Gasteiger partial charge in [0.25, 0.3) is 0 Å². The van der Waals surface area contributed by atoms with E-state index in [0.717, 1.165) is 6.07 Å². The minimum atomic E-state index is -4.84. The summed E-state index contributed by atoms with van der Waals surface area (Å²) in [5.41, 5.74) is -1.35. The van der Waals surface area contributed by atoms with Gasteiger partial charge in [-0.15, -0.1) is 0 Å². The summed E-state index contributed by atoms with van der Waals surface area (Å²) in [4.78, 5) is 0. The van der Waals surface area contributed by atoms with Gasteiger partial charge in [0.1, 0.15) is 23.4 Å². The fourth-order valence-corrected chi connectivity index (χ4v) is 1.75. The van der Waals surface area contributed by atoms with Crippen LogP contribution in [0.25, 0.3) is 0 Å². The molecule has 0 saturated carbocycles. The molecular formula is C14H6ClF4NO. The van der Waals surface area contributed by atoms with Gasteiger partial charge in [0, 0.05) is 11.1 Å². The second-order valence-electron chi connectivity index (χ2n) is 3.99. The van der Waals surface area contributed by atoms with Crippen LogP contribution in [0.2, 0.25) is 5.02 Å². The highest BCUT2D eigenvalue weighted by Crippen LogP contribution is 2.35. The van der Waals surface area contributed by atoms with Crippen molar-refractivity contribution in [2.45, 2.75) is 6.18 Å². The van der Waals surface area contributed by atoms with Crippen LogP contribution in [0, 0.1) is 17.1 Å². The Morgan fingerprint density at radius 2 is 1.81 bits per heavy atom. The van der Waals surface area contributed by atoms with E-state index in [4.69, 9.17) is 21.6 Å². The van der Waals surface area contributed by atoms with Crippen molar-refractivity contribution in [2.75, 3.05) is 0 Å². The minimum Gasteiger partial charge on any atom is -0.456 e. The highest BCUT2D eigenvalue weighted by atomic mass is 35.5. The molecule has 7 heteroatoms. The summed E-state index contributed by atoms with van der Waals surface area (Å²) in [6.45, 7) is 0. The van der Waals surface area contributed by atoms with Crippen molar-refractivity contribution in [2.24, 2.45) is 0 Å². The van der Waals surface area contributed by atoms with Crippen molar-refractivity contribution in [1.82, 2.24) is 0 Å². The Bertz CT molecular complexity index is 722. The summed E-state index contributed by atoms with van der Waals surface area (Å²) >= 11 is 5.74. The lowest BCUT2D eigenvalue weighted by Gasteiger charge is -2.12. The zero-order valence-corrected chi connectivity index (χ0v) is 11.0. The van der Waals surface area contributed by atoms with E-state index in [1.165, 1.54) is 18.2 Å². The Hall–Kier alpha value is -2.26. The van der Waals surface area contributed by atoms with Crippen molar-refractivity contribution >= 4 is 11.6 Å². The molecule has 0 amide bonds. The van der Waals surface area contributed by atoms with E-state index in [-0.39, 0.29) is 22.1 Å². The number of hydrogen-bond donors (Lipinski definition) is 0. The molecule has 0 aliphatic rings. The van der Waals surface area contributed by atoms with Crippen LogP contribution in [-0.4, -0.2) is 0 Å². The second-order valence-corrected chi connectivity index (χ2v) is 4.43. The van der Waals surface area contributed by atoms with E-state index >= 15 is 0 Å². The fourth-order valence-electron chi connectivity index (χ4n) is 1.59. The van der Waals surface area contributed by atoms with Crippen molar-refractivity contribution in [3.63, 3.8) is 0 Å². The molecule has 0 aromatic heterocycles. The first-order valence-corrected chi connectivity index (χ1v) is 5.93. The van der Waals surface area contributed by atoms with Gasteiger partial charge in [-0.1, -0.05) is 11.6 Å². The van der Waals surface area contributed by atoms with Gasteiger partial charge in [-0.25, -0.2) is 4.39 Å². The SMILES string of the molecule is N#Cc1ccc(Cl)cc1Oc1ccc(F)c(C(F)(F)F)c1. The van der Waals surface area contributed by atoms with E-state index in [1.807, 2.05) is 6.07 Å². The number of nitriles is 1. The molecule has 0 N–H and O–H groups in total. The van der Waals surface area contributed by atoms with Gasteiger partial charge in [0.2, 0.25) is 0 Å². The van der Waals surface area contributed by atoms with Crippen LogP contribution in [-0.2, 0) is 6.18 Å². The van der Waals surface area contributed by atoms with Crippen LogP contribution in [0.1, 0.15) is 11.1 Å². The van der Waals surface area contributed by atoms with E-state index in [2.05, 4.69) is 0 Å². The van der Waals surface area contributed by atoms with Gasteiger partial charge in [-0.2, -0.15) is 18.4 Å². The number of alkyl halides is 3. The lowest BCUT2D eigenvalue weighted by Crippen LogP contribution is -2.08. The third-order valence-corrected chi connectivity index (χ3v) is 2.77. The van der Waals surface area contributed by atoms with Gasteiger partial charge in [-0.05, 0) is 30.3 Å². The molecular weight excluding hydrogens is 310 g/mol. The summed E-state index contributed by atoms with van der Waals surface area (Å²) < 4.78 is 56.2. The highest BCUT2D eigenvalue weighted by Gasteiger charge is 2.34. The average molecular weight is 316 g/mol. The first-order chi connectivity index (χ1) is 9.81. The molecule has 108 valence electrons. The molecule has 0 atom stereocenters. The number of nitrogens with zero attached hydrogens (tertiary/aromatic N) is 1. The summed E-state index contributed by atoms with van der Waals surface area (Å²) in [7, 11) is 0. The van der Waals surface area contributed by atoms with Crippen molar-refractivity contribution in [3.8, 4) is 17.6 Å². The largest absolute Gasteiger partial charge is 0.456 e. The molecule has 0 spiro atoms. The third kappa shape index (κ3) is 3.44. The predicted octanol–water partition coefficient (Wildman–Crippen LogP) is 5.16. The molecule has 0 saturated heterocycles. The highest BCUT2D eigenvalue weighted by molar-refractivity contribution is 6.30. The predicted molar refractivity (Wildman–Crippen MR) is 67.6 cm³/mol.